The summed E-state index contributed by atoms with van der Waals surface area (Å²) in [6, 6.07) is 7.85. The molecule has 1 N–H and O–H groups in total. The normalized spacial score (nSPS) is 11.8. The second-order valence-electron chi connectivity index (χ2n) is 5.64. The molecule has 102 valence electrons. The third-order valence-corrected chi connectivity index (χ3v) is 4.19. The summed E-state index contributed by atoms with van der Waals surface area (Å²) >= 11 is 7.76. The van der Waals surface area contributed by atoms with Crippen LogP contribution >= 0.6 is 22.9 Å². The van der Waals surface area contributed by atoms with Gasteiger partial charge in [0, 0.05) is 27.5 Å². The van der Waals surface area contributed by atoms with Crippen LogP contribution in [0.15, 0.2) is 24.3 Å². The third-order valence-electron chi connectivity index (χ3n) is 2.74. The Hall–Kier alpha value is -0.900. The van der Waals surface area contributed by atoms with E-state index in [2.05, 4.69) is 38.0 Å². The van der Waals surface area contributed by atoms with Gasteiger partial charge >= 0.3 is 0 Å². The molecule has 0 aliphatic rings. The van der Waals surface area contributed by atoms with Crippen molar-refractivity contribution in [1.82, 2.24) is 10.3 Å². The summed E-state index contributed by atoms with van der Waals surface area (Å²) in [6.07, 6.45) is 0. The molecule has 2 rings (SSSR count). The number of halogens is 1. The van der Waals surface area contributed by atoms with Gasteiger partial charge < -0.3 is 5.32 Å². The van der Waals surface area contributed by atoms with Crippen LogP contribution in [0.5, 0.6) is 0 Å². The lowest BCUT2D eigenvalue weighted by molar-refractivity contribution is 0.425. The first kappa shape index (κ1) is 14.5. The fraction of sp³-hybridized carbons (Fsp3) is 0.400. The van der Waals surface area contributed by atoms with Crippen LogP contribution in [0.4, 0.5) is 0 Å². The molecule has 0 fully saturated rings. The van der Waals surface area contributed by atoms with Crippen LogP contribution in [0.2, 0.25) is 5.02 Å². The Morgan fingerprint density at radius 2 is 2.05 bits per heavy atom. The number of hydrogen-bond donors (Lipinski definition) is 1. The lowest BCUT2D eigenvalue weighted by Gasteiger charge is -2.19. The van der Waals surface area contributed by atoms with Gasteiger partial charge in [0.1, 0.15) is 5.01 Å². The summed E-state index contributed by atoms with van der Waals surface area (Å²) in [5.74, 6) is 0. The Kier molecular flexibility index (Phi) is 4.29. The van der Waals surface area contributed by atoms with E-state index < -0.39 is 0 Å². The highest BCUT2D eigenvalue weighted by Crippen LogP contribution is 2.29. The van der Waals surface area contributed by atoms with E-state index in [4.69, 9.17) is 11.6 Å². The van der Waals surface area contributed by atoms with Gasteiger partial charge in [-0.25, -0.2) is 4.98 Å². The van der Waals surface area contributed by atoms with E-state index in [-0.39, 0.29) is 5.54 Å². The Labute approximate surface area is 123 Å². The number of nitrogens with zero attached hydrogens (tertiary/aromatic N) is 1. The average Bonchev–Trinajstić information content (AvgIpc) is 2.67. The number of thiazole rings is 1. The minimum atomic E-state index is 0.118. The molecule has 0 aliphatic heterocycles. The SMILES string of the molecule is Cc1nc(-c2cccc(Cl)c2)sc1CNC(C)(C)C. The van der Waals surface area contributed by atoms with Crippen LogP contribution in [0, 0.1) is 6.92 Å². The highest BCUT2D eigenvalue weighted by Gasteiger charge is 2.13. The van der Waals surface area contributed by atoms with E-state index in [0.29, 0.717) is 0 Å². The molecular formula is C15H19ClN2S. The summed E-state index contributed by atoms with van der Waals surface area (Å²) in [6.45, 7) is 9.42. The van der Waals surface area contributed by atoms with Crippen molar-refractivity contribution < 1.29 is 0 Å². The number of aryl methyl sites for hydroxylation is 1. The molecular weight excluding hydrogens is 276 g/mol. The molecule has 0 saturated heterocycles. The van der Waals surface area contributed by atoms with Crippen molar-refractivity contribution in [2.45, 2.75) is 39.8 Å². The largest absolute Gasteiger partial charge is 0.307 e. The van der Waals surface area contributed by atoms with E-state index in [0.717, 1.165) is 27.8 Å². The zero-order chi connectivity index (χ0) is 14.0. The molecule has 0 bridgehead atoms. The Balaban J connectivity index is 2.21. The van der Waals surface area contributed by atoms with Crippen molar-refractivity contribution in [2.24, 2.45) is 0 Å². The molecule has 1 aromatic carbocycles. The van der Waals surface area contributed by atoms with Crippen molar-refractivity contribution >= 4 is 22.9 Å². The minimum Gasteiger partial charge on any atom is -0.307 e. The molecule has 0 unspecified atom stereocenters. The van der Waals surface area contributed by atoms with Crippen LogP contribution < -0.4 is 5.32 Å². The van der Waals surface area contributed by atoms with Gasteiger partial charge in [0.25, 0.3) is 0 Å². The monoisotopic (exact) mass is 294 g/mol. The molecule has 2 aromatic rings. The van der Waals surface area contributed by atoms with Crippen LogP contribution in [0.25, 0.3) is 10.6 Å². The lowest BCUT2D eigenvalue weighted by atomic mass is 10.1. The fourth-order valence-corrected chi connectivity index (χ4v) is 2.87. The predicted molar refractivity (Wildman–Crippen MR) is 83.9 cm³/mol. The van der Waals surface area contributed by atoms with Crippen molar-refractivity contribution in [1.29, 1.82) is 0 Å². The van der Waals surface area contributed by atoms with E-state index >= 15 is 0 Å². The maximum Gasteiger partial charge on any atom is 0.123 e. The van der Waals surface area contributed by atoms with E-state index in [9.17, 15) is 0 Å². The molecule has 2 nitrogen and oxygen atoms in total. The quantitative estimate of drug-likeness (QED) is 0.890. The highest BCUT2D eigenvalue weighted by molar-refractivity contribution is 7.15. The molecule has 0 saturated carbocycles. The van der Waals surface area contributed by atoms with E-state index in [1.54, 1.807) is 11.3 Å². The summed E-state index contributed by atoms with van der Waals surface area (Å²) < 4.78 is 0. The molecule has 0 spiro atoms. The predicted octanol–water partition coefficient (Wildman–Crippen LogP) is 4.66. The van der Waals surface area contributed by atoms with Gasteiger partial charge in [-0.1, -0.05) is 23.7 Å². The molecule has 0 amide bonds. The van der Waals surface area contributed by atoms with Gasteiger partial charge in [-0.05, 0) is 39.8 Å². The van der Waals surface area contributed by atoms with Gasteiger partial charge in [-0.3, -0.25) is 0 Å². The number of aromatic nitrogens is 1. The first-order valence-electron chi connectivity index (χ1n) is 6.32. The molecule has 0 aliphatic carbocycles. The van der Waals surface area contributed by atoms with E-state index in [1.807, 2.05) is 24.3 Å². The molecule has 19 heavy (non-hydrogen) atoms. The van der Waals surface area contributed by atoms with E-state index in [1.165, 1.54) is 4.88 Å². The van der Waals surface area contributed by atoms with Crippen molar-refractivity contribution in [3.63, 3.8) is 0 Å². The first-order valence-corrected chi connectivity index (χ1v) is 7.52. The summed E-state index contributed by atoms with van der Waals surface area (Å²) in [7, 11) is 0. The Morgan fingerprint density at radius 1 is 1.32 bits per heavy atom. The number of rotatable bonds is 3. The van der Waals surface area contributed by atoms with Gasteiger partial charge in [0.05, 0.1) is 5.69 Å². The second-order valence-corrected chi connectivity index (χ2v) is 7.16. The van der Waals surface area contributed by atoms with Gasteiger partial charge in [0.15, 0.2) is 0 Å². The van der Waals surface area contributed by atoms with Crippen LogP contribution in [0.3, 0.4) is 0 Å². The standard InChI is InChI=1S/C15H19ClN2S/c1-10-13(9-17-15(2,3)4)19-14(18-10)11-6-5-7-12(16)8-11/h5-8,17H,9H2,1-4H3. The van der Waals surface area contributed by atoms with Crippen LogP contribution in [-0.2, 0) is 6.54 Å². The van der Waals surface area contributed by atoms with Crippen LogP contribution in [0.1, 0.15) is 31.3 Å². The smallest absolute Gasteiger partial charge is 0.123 e. The Morgan fingerprint density at radius 3 is 2.68 bits per heavy atom. The fourth-order valence-electron chi connectivity index (χ4n) is 1.68. The number of nitrogens with one attached hydrogen (secondary N) is 1. The van der Waals surface area contributed by atoms with Crippen LogP contribution in [-0.4, -0.2) is 10.5 Å². The second kappa shape index (κ2) is 5.61. The van der Waals surface area contributed by atoms with Gasteiger partial charge in [-0.15, -0.1) is 11.3 Å². The van der Waals surface area contributed by atoms with Crippen molar-refractivity contribution in [3.05, 3.63) is 39.9 Å². The average molecular weight is 295 g/mol. The Bertz CT molecular complexity index is 570. The maximum absolute atomic E-state index is 6.03. The highest BCUT2D eigenvalue weighted by atomic mass is 35.5. The molecule has 4 heteroatoms. The van der Waals surface area contributed by atoms with Gasteiger partial charge in [-0.2, -0.15) is 0 Å². The minimum absolute atomic E-state index is 0.118. The lowest BCUT2D eigenvalue weighted by Crippen LogP contribution is -2.34. The zero-order valence-electron chi connectivity index (χ0n) is 11.7. The molecule has 0 radical (unpaired) electrons. The van der Waals surface area contributed by atoms with Gasteiger partial charge in [0.2, 0.25) is 0 Å². The summed E-state index contributed by atoms with van der Waals surface area (Å²) in [4.78, 5) is 5.92. The molecule has 1 aromatic heterocycles. The summed E-state index contributed by atoms with van der Waals surface area (Å²) in [5, 5.41) is 5.28. The third kappa shape index (κ3) is 4.03. The van der Waals surface area contributed by atoms with Crippen molar-refractivity contribution in [2.75, 3.05) is 0 Å². The maximum atomic E-state index is 6.03. The molecule has 1 heterocycles. The summed E-state index contributed by atoms with van der Waals surface area (Å²) in [5.41, 5.74) is 2.30. The topological polar surface area (TPSA) is 24.9 Å². The van der Waals surface area contributed by atoms with Crippen molar-refractivity contribution in [3.8, 4) is 10.6 Å². The zero-order valence-corrected chi connectivity index (χ0v) is 13.3. The number of hydrogen-bond acceptors (Lipinski definition) is 3. The molecule has 0 atom stereocenters. The first-order chi connectivity index (χ1) is 8.85. The number of benzene rings is 1.